The highest BCUT2D eigenvalue weighted by Gasteiger charge is 2.16. The second-order valence-corrected chi connectivity index (χ2v) is 5.01. The summed E-state index contributed by atoms with van der Waals surface area (Å²) in [6, 6.07) is 3.27. The average Bonchev–Trinajstić information content (AvgIpc) is 2.45. The largest absolute Gasteiger partial charge is 0.496 e. The zero-order chi connectivity index (χ0) is 15.1. The van der Waals surface area contributed by atoms with Crippen LogP contribution in [0.15, 0.2) is 12.1 Å². The number of carbonyl (C=O) groups excluding carboxylic acids is 1. The molecule has 20 heavy (non-hydrogen) atoms. The van der Waals surface area contributed by atoms with Crippen molar-refractivity contribution < 1.29 is 20.2 Å². The van der Waals surface area contributed by atoms with E-state index in [1.165, 1.54) is 12.0 Å². The number of hydrogen-bond donors (Lipinski definition) is 3. The van der Waals surface area contributed by atoms with Gasteiger partial charge in [-0.05, 0) is 19.9 Å². The first-order valence-electron chi connectivity index (χ1n) is 6.84. The van der Waals surface area contributed by atoms with Crippen molar-refractivity contribution in [2.45, 2.75) is 13.8 Å². The highest BCUT2D eigenvalue weighted by molar-refractivity contribution is 6.33. The lowest BCUT2D eigenvalue weighted by molar-refractivity contribution is -0.895. The molecule has 112 valence electrons. The van der Waals surface area contributed by atoms with Crippen molar-refractivity contribution in [1.29, 1.82) is 0 Å². The maximum absolute atomic E-state index is 12.2. The Hall–Kier alpha value is -1.30. The molecule has 6 heteroatoms. The lowest BCUT2D eigenvalue weighted by atomic mass is 10.1. The van der Waals surface area contributed by atoms with Crippen LogP contribution in [0.3, 0.4) is 0 Å². The predicted octanol–water partition coefficient (Wildman–Crippen LogP) is -0.123. The molecule has 0 fully saturated rings. The van der Waals surface area contributed by atoms with E-state index >= 15 is 0 Å². The molecular formula is C14H24ClN3O2+2. The molecule has 0 aromatic heterocycles. The van der Waals surface area contributed by atoms with Gasteiger partial charge in [-0.3, -0.25) is 4.79 Å². The number of amides is 1. The van der Waals surface area contributed by atoms with Crippen molar-refractivity contribution in [3.8, 4) is 5.75 Å². The molecule has 0 saturated carbocycles. The maximum Gasteiger partial charge on any atom is 0.255 e. The van der Waals surface area contributed by atoms with Crippen LogP contribution in [0, 0.1) is 0 Å². The van der Waals surface area contributed by atoms with Gasteiger partial charge in [0, 0.05) is 6.07 Å². The van der Waals surface area contributed by atoms with Crippen molar-refractivity contribution in [2.24, 2.45) is 0 Å². The zero-order valence-corrected chi connectivity index (χ0v) is 13.1. The lowest BCUT2D eigenvalue weighted by Gasteiger charge is -2.16. The second-order valence-electron chi connectivity index (χ2n) is 4.61. The average molecular weight is 302 g/mol. The van der Waals surface area contributed by atoms with Gasteiger partial charge in [-0.2, -0.15) is 0 Å². The number of quaternary nitrogens is 2. The number of hydrogen-bond acceptors (Lipinski definition) is 2. The Bertz CT molecular complexity index is 462. The van der Waals surface area contributed by atoms with E-state index in [4.69, 9.17) is 16.3 Å². The van der Waals surface area contributed by atoms with E-state index in [9.17, 15) is 4.79 Å². The molecule has 0 saturated heterocycles. The van der Waals surface area contributed by atoms with Crippen LogP contribution in [0.25, 0.3) is 0 Å². The summed E-state index contributed by atoms with van der Waals surface area (Å²) in [5.74, 6) is 0.322. The number of nitrogens with one attached hydrogen (secondary N) is 2. The molecule has 0 radical (unpaired) electrons. The zero-order valence-electron chi connectivity index (χ0n) is 12.4. The van der Waals surface area contributed by atoms with Crippen LogP contribution in [0.4, 0.5) is 5.69 Å². The Labute approximate surface area is 125 Å². The van der Waals surface area contributed by atoms with Crippen LogP contribution < -0.4 is 20.7 Å². The highest BCUT2D eigenvalue weighted by Crippen LogP contribution is 2.27. The summed E-state index contributed by atoms with van der Waals surface area (Å²) < 4.78 is 5.21. The maximum atomic E-state index is 12.2. The molecule has 0 aliphatic heterocycles. The van der Waals surface area contributed by atoms with Gasteiger partial charge in [-0.25, -0.2) is 0 Å². The molecule has 0 aliphatic carbocycles. The molecule has 1 amide bonds. The number of ether oxygens (including phenoxy) is 1. The molecule has 0 unspecified atom stereocenters. The molecule has 1 rings (SSSR count). The summed E-state index contributed by atoms with van der Waals surface area (Å²) in [4.78, 5) is 13.6. The van der Waals surface area contributed by atoms with Crippen LogP contribution in [0.5, 0.6) is 5.75 Å². The second kappa shape index (κ2) is 8.09. The Morgan fingerprint density at radius 3 is 2.60 bits per heavy atom. The van der Waals surface area contributed by atoms with Gasteiger partial charge in [-0.1, -0.05) is 11.6 Å². The number of rotatable bonds is 7. The third kappa shape index (κ3) is 4.37. The predicted molar refractivity (Wildman–Crippen MR) is 79.8 cm³/mol. The molecule has 5 N–H and O–H groups in total. The van der Waals surface area contributed by atoms with E-state index in [1.54, 1.807) is 12.1 Å². The van der Waals surface area contributed by atoms with E-state index in [0.29, 0.717) is 28.6 Å². The van der Waals surface area contributed by atoms with Crippen LogP contribution in [0.1, 0.15) is 24.2 Å². The molecule has 0 aliphatic rings. The van der Waals surface area contributed by atoms with Crippen LogP contribution in [0.2, 0.25) is 5.02 Å². The number of likely N-dealkylation sites (N-methyl/N-ethyl adjacent to an activating group) is 1. The smallest absolute Gasteiger partial charge is 0.255 e. The first-order valence-corrected chi connectivity index (χ1v) is 7.22. The number of benzene rings is 1. The van der Waals surface area contributed by atoms with Gasteiger partial charge in [0.2, 0.25) is 0 Å². The Balaban J connectivity index is 2.70. The van der Waals surface area contributed by atoms with Gasteiger partial charge >= 0.3 is 0 Å². The van der Waals surface area contributed by atoms with E-state index in [1.807, 2.05) is 0 Å². The summed E-state index contributed by atoms with van der Waals surface area (Å²) in [6.45, 7) is 7.91. The van der Waals surface area contributed by atoms with E-state index < -0.39 is 0 Å². The summed E-state index contributed by atoms with van der Waals surface area (Å²) in [5.41, 5.74) is 4.88. The van der Waals surface area contributed by atoms with Crippen LogP contribution >= 0.6 is 11.6 Å². The van der Waals surface area contributed by atoms with Gasteiger partial charge in [0.05, 0.1) is 38.9 Å². The van der Waals surface area contributed by atoms with Crippen molar-refractivity contribution >= 4 is 23.2 Å². The SMILES string of the molecule is CC[NH+](CC)CCNC(=O)c1cc(Cl)c([NH3+])cc1OC. The quantitative estimate of drug-likeness (QED) is 0.657. The van der Waals surface area contributed by atoms with Crippen molar-refractivity contribution in [3.05, 3.63) is 22.7 Å². The highest BCUT2D eigenvalue weighted by atomic mass is 35.5. The lowest BCUT2D eigenvalue weighted by Crippen LogP contribution is -3.12. The van der Waals surface area contributed by atoms with E-state index in [-0.39, 0.29) is 5.91 Å². The molecule has 0 heterocycles. The summed E-state index contributed by atoms with van der Waals surface area (Å²) in [5, 5.41) is 3.36. The van der Waals surface area contributed by atoms with Crippen molar-refractivity contribution in [3.63, 3.8) is 0 Å². The van der Waals surface area contributed by atoms with Gasteiger partial charge < -0.3 is 20.7 Å². The number of methoxy groups -OCH3 is 1. The molecule has 1 aromatic carbocycles. The minimum absolute atomic E-state index is 0.171. The summed E-state index contributed by atoms with van der Waals surface area (Å²) in [6.07, 6.45) is 0. The minimum Gasteiger partial charge on any atom is -0.496 e. The van der Waals surface area contributed by atoms with Crippen LogP contribution in [-0.4, -0.2) is 39.2 Å². The Morgan fingerprint density at radius 2 is 2.05 bits per heavy atom. The fraction of sp³-hybridized carbons (Fsp3) is 0.500. The standard InChI is InChI=1S/C14H22ClN3O2/c1-4-18(5-2)7-6-17-14(19)10-8-11(15)12(16)9-13(10)20-3/h8-9H,4-7,16H2,1-3H3,(H,17,19)/p+2. The first-order chi connectivity index (χ1) is 9.53. The molecular weight excluding hydrogens is 278 g/mol. The topological polar surface area (TPSA) is 70.4 Å². The van der Waals surface area contributed by atoms with Gasteiger partial charge in [-0.15, -0.1) is 0 Å². The van der Waals surface area contributed by atoms with Gasteiger partial charge in [0.25, 0.3) is 5.91 Å². The van der Waals surface area contributed by atoms with Crippen LogP contribution in [-0.2, 0) is 0 Å². The van der Waals surface area contributed by atoms with Crippen molar-refractivity contribution in [1.82, 2.24) is 5.32 Å². The molecule has 0 spiro atoms. The van der Waals surface area contributed by atoms with E-state index in [0.717, 1.165) is 19.6 Å². The van der Waals surface area contributed by atoms with Crippen molar-refractivity contribution in [2.75, 3.05) is 33.3 Å². The first kappa shape index (κ1) is 16.8. The van der Waals surface area contributed by atoms with Gasteiger partial charge in [0.1, 0.15) is 10.8 Å². The molecule has 5 nitrogen and oxygen atoms in total. The third-order valence-corrected chi connectivity index (χ3v) is 3.73. The summed E-state index contributed by atoms with van der Waals surface area (Å²) >= 11 is 6.01. The minimum atomic E-state index is -0.171. The number of halogens is 1. The fourth-order valence-electron chi connectivity index (χ4n) is 1.99. The molecule has 0 bridgehead atoms. The third-order valence-electron chi connectivity index (χ3n) is 3.38. The number of carbonyl (C=O) groups is 1. The monoisotopic (exact) mass is 301 g/mol. The molecule has 0 atom stereocenters. The Kier molecular flexibility index (Phi) is 6.78. The van der Waals surface area contributed by atoms with E-state index in [2.05, 4.69) is 24.9 Å². The summed E-state index contributed by atoms with van der Waals surface area (Å²) in [7, 11) is 1.53. The molecule has 1 aromatic rings. The van der Waals surface area contributed by atoms with Gasteiger partial charge in [0.15, 0.2) is 5.69 Å². The fourth-order valence-corrected chi connectivity index (χ4v) is 2.16. The Morgan fingerprint density at radius 1 is 1.40 bits per heavy atom. The normalized spacial score (nSPS) is 10.7.